The third-order valence-corrected chi connectivity index (χ3v) is 4.94. The summed E-state index contributed by atoms with van der Waals surface area (Å²) in [5.41, 5.74) is 7.00. The van der Waals surface area contributed by atoms with Gasteiger partial charge < -0.3 is 15.2 Å². The van der Waals surface area contributed by atoms with Gasteiger partial charge in [0.1, 0.15) is 11.6 Å². The number of hydrogen-bond acceptors (Lipinski definition) is 5. The molecule has 4 heterocycles. The van der Waals surface area contributed by atoms with Gasteiger partial charge in [-0.15, -0.1) is 0 Å². The summed E-state index contributed by atoms with van der Waals surface area (Å²) in [6.07, 6.45) is 9.41. The maximum Gasteiger partial charge on any atom is 0.252 e. The quantitative estimate of drug-likeness (QED) is 0.751. The Bertz CT molecular complexity index is 923. The van der Waals surface area contributed by atoms with E-state index in [1.807, 2.05) is 30.6 Å². The fourth-order valence-electron chi connectivity index (χ4n) is 3.70. The molecule has 0 spiro atoms. The summed E-state index contributed by atoms with van der Waals surface area (Å²) in [4.78, 5) is 27.4. The number of rotatable bonds is 5. The van der Waals surface area contributed by atoms with Crippen molar-refractivity contribution in [2.24, 2.45) is 5.73 Å². The first-order chi connectivity index (χ1) is 13.2. The zero-order chi connectivity index (χ0) is 18.6. The first kappa shape index (κ1) is 17.2. The molecule has 3 aromatic heterocycles. The Hall–Kier alpha value is -3.22. The van der Waals surface area contributed by atoms with Gasteiger partial charge >= 0.3 is 0 Å². The molecule has 0 aliphatic carbocycles. The normalized spacial score (nSPS) is 17.0. The lowest BCUT2D eigenvalue weighted by Gasteiger charge is -2.34. The minimum atomic E-state index is -0.447. The maximum absolute atomic E-state index is 11.8. The summed E-state index contributed by atoms with van der Waals surface area (Å²) in [5, 5.41) is 0. The minimum Gasteiger partial charge on any atom is -0.365 e. The van der Waals surface area contributed by atoms with Gasteiger partial charge in [-0.1, -0.05) is 6.07 Å². The second-order valence-electron chi connectivity index (χ2n) is 6.76. The Labute approximate surface area is 157 Å². The molecule has 1 atom stereocenters. The third kappa shape index (κ3) is 3.67. The molecule has 0 saturated carbocycles. The summed E-state index contributed by atoms with van der Waals surface area (Å²) in [6.45, 7) is 2.31. The highest BCUT2D eigenvalue weighted by Gasteiger charge is 2.27. The number of nitrogens with two attached hydrogens (primary N) is 1. The lowest BCUT2D eigenvalue weighted by Crippen LogP contribution is -2.37. The van der Waals surface area contributed by atoms with Crippen LogP contribution in [0.2, 0.25) is 0 Å². The average Bonchev–Trinajstić information content (AvgIpc) is 3.17. The van der Waals surface area contributed by atoms with Crippen molar-refractivity contribution in [1.29, 1.82) is 0 Å². The fourth-order valence-corrected chi connectivity index (χ4v) is 3.70. The highest BCUT2D eigenvalue weighted by atomic mass is 16.1. The van der Waals surface area contributed by atoms with Crippen LogP contribution in [0.15, 0.2) is 55.1 Å². The fraction of sp³-hybridized carbons (Fsp3) is 0.300. The number of amides is 1. The number of aromatic nitrogens is 4. The highest BCUT2D eigenvalue weighted by molar-refractivity contribution is 5.97. The Morgan fingerprint density at radius 3 is 2.81 bits per heavy atom. The first-order valence-electron chi connectivity index (χ1n) is 9.13. The third-order valence-electron chi connectivity index (χ3n) is 4.94. The zero-order valence-electron chi connectivity index (χ0n) is 15.0. The number of carbonyl (C=O) groups is 1. The molecule has 1 aliphatic rings. The number of nitrogens with zero attached hydrogens (tertiary/aromatic N) is 5. The van der Waals surface area contributed by atoms with E-state index < -0.39 is 5.91 Å². The standard InChI is InChI=1S/C20H22N6O/c21-18(27)17-7-3-9-23-20(17)25-11-4-5-15(13-25)19-24-10-12-26(19)14-16-6-1-2-8-22-16/h1-3,6-10,12,15H,4-5,11,13-14H2,(H2,21,27)/t15-/m1/s1. The number of primary amides is 1. The van der Waals surface area contributed by atoms with Gasteiger partial charge in [0.25, 0.3) is 5.91 Å². The molecule has 0 aromatic carbocycles. The molecule has 1 amide bonds. The monoisotopic (exact) mass is 362 g/mol. The highest BCUT2D eigenvalue weighted by Crippen LogP contribution is 2.30. The van der Waals surface area contributed by atoms with Gasteiger partial charge in [0.05, 0.1) is 17.8 Å². The van der Waals surface area contributed by atoms with Crippen molar-refractivity contribution in [2.45, 2.75) is 25.3 Å². The predicted octanol–water partition coefficient (Wildman–Crippen LogP) is 2.20. The average molecular weight is 362 g/mol. The van der Waals surface area contributed by atoms with Crippen LogP contribution in [0, 0.1) is 0 Å². The molecule has 0 unspecified atom stereocenters. The lowest BCUT2D eigenvalue weighted by molar-refractivity contribution is 0.100. The first-order valence-corrected chi connectivity index (χ1v) is 9.13. The second kappa shape index (κ2) is 7.57. The van der Waals surface area contributed by atoms with Crippen molar-refractivity contribution in [2.75, 3.05) is 18.0 Å². The number of piperidine rings is 1. The molecule has 0 radical (unpaired) electrons. The van der Waals surface area contributed by atoms with Crippen molar-refractivity contribution in [1.82, 2.24) is 19.5 Å². The van der Waals surface area contributed by atoms with Crippen LogP contribution in [0.1, 0.15) is 40.6 Å². The van der Waals surface area contributed by atoms with Crippen LogP contribution in [0.4, 0.5) is 5.82 Å². The van der Waals surface area contributed by atoms with E-state index in [1.54, 1.807) is 24.5 Å². The number of carbonyl (C=O) groups excluding carboxylic acids is 1. The van der Waals surface area contributed by atoms with E-state index in [4.69, 9.17) is 5.73 Å². The molecule has 7 nitrogen and oxygen atoms in total. The molecule has 1 saturated heterocycles. The molecular formula is C20H22N6O. The summed E-state index contributed by atoms with van der Waals surface area (Å²) < 4.78 is 2.16. The van der Waals surface area contributed by atoms with E-state index in [1.165, 1.54) is 0 Å². The predicted molar refractivity (Wildman–Crippen MR) is 103 cm³/mol. The van der Waals surface area contributed by atoms with Gasteiger partial charge in [0.15, 0.2) is 0 Å². The Morgan fingerprint density at radius 1 is 1.11 bits per heavy atom. The van der Waals surface area contributed by atoms with Crippen LogP contribution in [-0.4, -0.2) is 38.5 Å². The van der Waals surface area contributed by atoms with E-state index in [0.717, 1.165) is 37.4 Å². The van der Waals surface area contributed by atoms with Gasteiger partial charge in [-0.3, -0.25) is 9.78 Å². The summed E-state index contributed by atoms with van der Waals surface area (Å²) >= 11 is 0. The summed E-state index contributed by atoms with van der Waals surface area (Å²) in [7, 11) is 0. The molecule has 4 rings (SSSR count). The Balaban J connectivity index is 1.56. The summed E-state index contributed by atoms with van der Waals surface area (Å²) in [5.74, 6) is 1.52. The van der Waals surface area contributed by atoms with Crippen LogP contribution >= 0.6 is 0 Å². The van der Waals surface area contributed by atoms with E-state index in [9.17, 15) is 4.79 Å². The zero-order valence-corrected chi connectivity index (χ0v) is 15.0. The van der Waals surface area contributed by atoms with Crippen molar-refractivity contribution >= 4 is 11.7 Å². The molecule has 3 aromatic rings. The largest absolute Gasteiger partial charge is 0.365 e. The van der Waals surface area contributed by atoms with Gasteiger partial charge in [-0.25, -0.2) is 9.97 Å². The van der Waals surface area contributed by atoms with Crippen molar-refractivity contribution in [3.63, 3.8) is 0 Å². The molecule has 0 bridgehead atoms. The molecule has 1 fully saturated rings. The molecule has 138 valence electrons. The number of imidazole rings is 1. The minimum absolute atomic E-state index is 0.264. The van der Waals surface area contributed by atoms with Crippen molar-refractivity contribution < 1.29 is 4.79 Å². The summed E-state index contributed by atoms with van der Waals surface area (Å²) in [6, 6.07) is 9.40. The van der Waals surface area contributed by atoms with E-state index in [0.29, 0.717) is 17.9 Å². The SMILES string of the molecule is NC(=O)c1cccnc1N1CCC[C@@H](c2nccn2Cc2ccccn2)C1. The number of anilines is 1. The van der Waals surface area contributed by atoms with Crippen LogP contribution < -0.4 is 10.6 Å². The van der Waals surface area contributed by atoms with E-state index in [-0.39, 0.29) is 5.92 Å². The molecule has 2 N–H and O–H groups in total. The van der Waals surface area contributed by atoms with Gasteiger partial charge in [-0.2, -0.15) is 0 Å². The number of hydrogen-bond donors (Lipinski definition) is 1. The van der Waals surface area contributed by atoms with E-state index >= 15 is 0 Å². The lowest BCUT2D eigenvalue weighted by atomic mass is 9.96. The topological polar surface area (TPSA) is 89.9 Å². The van der Waals surface area contributed by atoms with Gasteiger partial charge in [0, 0.05) is 43.8 Å². The van der Waals surface area contributed by atoms with Crippen molar-refractivity contribution in [3.8, 4) is 0 Å². The Morgan fingerprint density at radius 2 is 2.00 bits per heavy atom. The van der Waals surface area contributed by atoms with Crippen LogP contribution in [0.3, 0.4) is 0 Å². The van der Waals surface area contributed by atoms with Crippen molar-refractivity contribution in [3.05, 3.63) is 72.2 Å². The molecule has 7 heteroatoms. The van der Waals surface area contributed by atoms with Crippen LogP contribution in [0.25, 0.3) is 0 Å². The number of pyridine rings is 2. The molecule has 1 aliphatic heterocycles. The Kier molecular flexibility index (Phi) is 4.82. The molecular weight excluding hydrogens is 340 g/mol. The maximum atomic E-state index is 11.8. The molecule has 27 heavy (non-hydrogen) atoms. The van der Waals surface area contributed by atoms with Gasteiger partial charge in [-0.05, 0) is 37.1 Å². The van der Waals surface area contributed by atoms with Crippen LogP contribution in [-0.2, 0) is 6.54 Å². The van der Waals surface area contributed by atoms with Crippen LogP contribution in [0.5, 0.6) is 0 Å². The van der Waals surface area contributed by atoms with Gasteiger partial charge in [0.2, 0.25) is 0 Å². The second-order valence-corrected chi connectivity index (χ2v) is 6.76. The smallest absolute Gasteiger partial charge is 0.252 e. The van der Waals surface area contributed by atoms with E-state index in [2.05, 4.69) is 24.4 Å².